The molecule has 0 radical (unpaired) electrons. The van der Waals surface area contributed by atoms with E-state index < -0.39 is 0 Å². The van der Waals surface area contributed by atoms with Crippen LogP contribution in [-0.4, -0.2) is 25.7 Å². The molecule has 0 unspecified atom stereocenters. The van der Waals surface area contributed by atoms with Gasteiger partial charge in [-0.1, -0.05) is 0 Å². The van der Waals surface area contributed by atoms with Gasteiger partial charge in [0.05, 0.1) is 12.6 Å². The molecule has 0 amide bonds. The van der Waals surface area contributed by atoms with Crippen LogP contribution >= 0.6 is 11.6 Å². The van der Waals surface area contributed by atoms with Crippen LogP contribution in [-0.2, 0) is 6.54 Å². The third-order valence-corrected chi connectivity index (χ3v) is 2.02. The summed E-state index contributed by atoms with van der Waals surface area (Å²) in [7, 11) is 0. The van der Waals surface area contributed by atoms with E-state index >= 15 is 0 Å². The second-order valence-corrected chi connectivity index (χ2v) is 3.23. The van der Waals surface area contributed by atoms with E-state index in [1.165, 1.54) is 9.36 Å². The first-order chi connectivity index (χ1) is 5.83. The summed E-state index contributed by atoms with van der Waals surface area (Å²) in [4.78, 5) is 11.4. The lowest BCUT2D eigenvalue weighted by Gasteiger charge is -1.91. The fraction of sp³-hybridized carbons (Fsp3) is 0.833. The number of aryl methyl sites for hydroxylation is 1. The molecule has 12 heavy (non-hydrogen) atoms. The fourth-order valence-corrected chi connectivity index (χ4v) is 1.22. The van der Waals surface area contributed by atoms with Gasteiger partial charge >= 0.3 is 5.69 Å². The molecule has 0 aliphatic heterocycles. The predicted molar refractivity (Wildman–Crippen MR) is 43.3 cm³/mol. The molecule has 1 heterocycles. The Bertz CT molecular complexity index is 327. The smallest absolute Gasteiger partial charge is 0.244 e. The van der Waals surface area contributed by atoms with Crippen molar-refractivity contribution in [2.24, 2.45) is 0 Å². The number of rotatable bonds is 3. The van der Waals surface area contributed by atoms with Crippen LogP contribution in [0.4, 0.5) is 0 Å². The monoisotopic (exact) mass is 188 g/mol. The fourth-order valence-electron chi connectivity index (χ4n) is 1.05. The van der Waals surface area contributed by atoms with Crippen molar-refractivity contribution in [3.8, 4) is 0 Å². The van der Waals surface area contributed by atoms with Gasteiger partial charge in [0, 0.05) is 5.88 Å². The summed E-state index contributed by atoms with van der Waals surface area (Å²) in [5, 5.41) is 7.45. The summed E-state index contributed by atoms with van der Waals surface area (Å²) in [6, 6.07) is 0.293. The Morgan fingerprint density at radius 3 is 2.83 bits per heavy atom. The second kappa shape index (κ2) is 2.90. The molecule has 0 N–H and O–H groups in total. The molecule has 1 aliphatic rings. The maximum atomic E-state index is 11.4. The van der Waals surface area contributed by atoms with Crippen molar-refractivity contribution in [3.05, 3.63) is 10.5 Å². The first-order valence-electron chi connectivity index (χ1n) is 3.91. The molecule has 5 nitrogen and oxygen atoms in total. The summed E-state index contributed by atoms with van der Waals surface area (Å²) in [5.74, 6) is 0.392. The van der Waals surface area contributed by atoms with Gasteiger partial charge in [0.15, 0.2) is 0 Å². The first-order valence-corrected chi connectivity index (χ1v) is 4.44. The number of tetrazole rings is 1. The predicted octanol–water partition coefficient (Wildman–Crippen LogP) is 0.0135. The first kappa shape index (κ1) is 7.79. The molecule has 2 rings (SSSR count). The lowest BCUT2D eigenvalue weighted by atomic mass is 10.7. The standard InChI is InChI=1S/C6H9ClN4O/c7-3-4-10-6(12)11(9-8-10)5-1-2-5/h5H,1-4H2. The van der Waals surface area contributed by atoms with Gasteiger partial charge in [-0.25, -0.2) is 4.79 Å². The zero-order valence-corrected chi connectivity index (χ0v) is 7.24. The number of nitrogens with zero attached hydrogens (tertiary/aromatic N) is 4. The molecule has 1 aromatic heterocycles. The Hall–Kier alpha value is -0.840. The van der Waals surface area contributed by atoms with Crippen LogP contribution in [0.3, 0.4) is 0 Å². The van der Waals surface area contributed by atoms with Crippen LogP contribution in [0.2, 0.25) is 0 Å². The average Bonchev–Trinajstić information content (AvgIpc) is 2.82. The average molecular weight is 189 g/mol. The Balaban J connectivity index is 2.27. The van der Waals surface area contributed by atoms with Gasteiger partial charge in [-0.15, -0.1) is 11.6 Å². The largest absolute Gasteiger partial charge is 0.363 e. The maximum absolute atomic E-state index is 11.4. The molecule has 1 aliphatic carbocycles. The highest BCUT2D eigenvalue weighted by molar-refractivity contribution is 6.17. The molecular weight excluding hydrogens is 180 g/mol. The van der Waals surface area contributed by atoms with Crippen molar-refractivity contribution in [2.75, 3.05) is 5.88 Å². The molecule has 0 bridgehead atoms. The van der Waals surface area contributed by atoms with Crippen molar-refractivity contribution >= 4 is 11.6 Å². The molecule has 1 saturated carbocycles. The Labute approximate surface area is 73.9 Å². The zero-order chi connectivity index (χ0) is 8.55. The van der Waals surface area contributed by atoms with Gasteiger partial charge in [0.2, 0.25) is 0 Å². The molecule has 6 heteroatoms. The van der Waals surface area contributed by atoms with Crippen LogP contribution in [0.1, 0.15) is 18.9 Å². The topological polar surface area (TPSA) is 52.7 Å². The minimum Gasteiger partial charge on any atom is -0.244 e. The highest BCUT2D eigenvalue weighted by Crippen LogP contribution is 2.32. The Morgan fingerprint density at radius 1 is 1.50 bits per heavy atom. The second-order valence-electron chi connectivity index (χ2n) is 2.85. The van der Waals surface area contributed by atoms with E-state index in [1.807, 2.05) is 0 Å². The summed E-state index contributed by atoms with van der Waals surface area (Å²) in [6.07, 6.45) is 2.08. The summed E-state index contributed by atoms with van der Waals surface area (Å²) in [5.41, 5.74) is -0.141. The molecule has 0 spiro atoms. The van der Waals surface area contributed by atoms with Crippen molar-refractivity contribution in [3.63, 3.8) is 0 Å². The minimum atomic E-state index is -0.141. The lowest BCUT2D eigenvalue weighted by Crippen LogP contribution is -2.25. The van der Waals surface area contributed by atoms with Crippen molar-refractivity contribution in [1.82, 2.24) is 19.8 Å². The SMILES string of the molecule is O=c1n(CCCl)nnn1C1CC1. The molecule has 66 valence electrons. The van der Waals surface area contributed by atoms with E-state index in [-0.39, 0.29) is 5.69 Å². The van der Waals surface area contributed by atoms with Crippen LogP contribution in [0.15, 0.2) is 4.79 Å². The van der Waals surface area contributed by atoms with Crippen LogP contribution < -0.4 is 5.69 Å². The van der Waals surface area contributed by atoms with E-state index in [0.717, 1.165) is 12.8 Å². The Kier molecular flexibility index (Phi) is 1.88. The lowest BCUT2D eigenvalue weighted by molar-refractivity contribution is 0.593. The van der Waals surface area contributed by atoms with E-state index in [2.05, 4.69) is 10.4 Å². The number of alkyl halides is 1. The number of hydrogen-bond acceptors (Lipinski definition) is 3. The number of aromatic nitrogens is 4. The van der Waals surface area contributed by atoms with E-state index in [1.54, 1.807) is 0 Å². The molecule has 0 aromatic carbocycles. The maximum Gasteiger partial charge on any atom is 0.363 e. The molecular formula is C6H9ClN4O. The zero-order valence-electron chi connectivity index (χ0n) is 6.48. The highest BCUT2D eigenvalue weighted by atomic mass is 35.5. The number of hydrogen-bond donors (Lipinski definition) is 0. The van der Waals surface area contributed by atoms with Crippen LogP contribution in [0.25, 0.3) is 0 Å². The molecule has 1 fully saturated rings. The van der Waals surface area contributed by atoms with Gasteiger partial charge < -0.3 is 0 Å². The van der Waals surface area contributed by atoms with E-state index in [9.17, 15) is 4.79 Å². The third-order valence-electron chi connectivity index (χ3n) is 1.85. The van der Waals surface area contributed by atoms with Crippen LogP contribution in [0.5, 0.6) is 0 Å². The van der Waals surface area contributed by atoms with Crippen molar-refractivity contribution in [1.29, 1.82) is 0 Å². The molecule has 0 atom stereocenters. The highest BCUT2D eigenvalue weighted by Gasteiger charge is 2.27. The van der Waals surface area contributed by atoms with Crippen molar-refractivity contribution < 1.29 is 0 Å². The van der Waals surface area contributed by atoms with Gasteiger partial charge in [0.25, 0.3) is 0 Å². The van der Waals surface area contributed by atoms with Crippen LogP contribution in [0, 0.1) is 0 Å². The molecule has 1 aromatic rings. The molecule has 0 saturated heterocycles. The summed E-state index contributed by atoms with van der Waals surface area (Å²) in [6.45, 7) is 0.438. The van der Waals surface area contributed by atoms with E-state index in [0.29, 0.717) is 18.5 Å². The van der Waals surface area contributed by atoms with E-state index in [4.69, 9.17) is 11.6 Å². The summed E-state index contributed by atoms with van der Waals surface area (Å²) < 4.78 is 2.73. The minimum absolute atomic E-state index is 0.141. The summed E-state index contributed by atoms with van der Waals surface area (Å²) >= 11 is 5.48. The van der Waals surface area contributed by atoms with Crippen molar-refractivity contribution in [2.45, 2.75) is 25.4 Å². The van der Waals surface area contributed by atoms with Gasteiger partial charge in [0.1, 0.15) is 0 Å². The normalized spacial score (nSPS) is 16.8. The van der Waals surface area contributed by atoms with Gasteiger partial charge in [-0.2, -0.15) is 9.36 Å². The number of halogens is 1. The third kappa shape index (κ3) is 1.24. The Morgan fingerprint density at radius 2 is 2.25 bits per heavy atom. The quantitative estimate of drug-likeness (QED) is 0.629. The van der Waals surface area contributed by atoms with Gasteiger partial charge in [-0.3, -0.25) is 0 Å². The van der Waals surface area contributed by atoms with Gasteiger partial charge in [-0.05, 0) is 23.3 Å².